The van der Waals surface area contributed by atoms with Crippen LogP contribution in [0.15, 0.2) is 51.4 Å². The van der Waals surface area contributed by atoms with Crippen LogP contribution in [0.5, 0.6) is 0 Å². The SMILES string of the molecule is ClCC(Cc1ccc(Br)cc1)Cc1ccc(Br)cc1Cl. The normalized spacial score (nSPS) is 12.4. The van der Waals surface area contributed by atoms with E-state index in [1.54, 1.807) is 0 Å². The second-order valence-corrected chi connectivity index (χ2v) is 7.34. The molecule has 0 amide bonds. The summed E-state index contributed by atoms with van der Waals surface area (Å²) in [5.74, 6) is 1.01. The van der Waals surface area contributed by atoms with Crippen LogP contribution in [0.4, 0.5) is 0 Å². The van der Waals surface area contributed by atoms with Crippen molar-refractivity contribution in [2.24, 2.45) is 5.92 Å². The molecule has 2 aromatic carbocycles. The summed E-state index contributed by atoms with van der Waals surface area (Å²) in [5.41, 5.74) is 2.45. The van der Waals surface area contributed by atoms with Gasteiger partial charge < -0.3 is 0 Å². The largest absolute Gasteiger partial charge is 0.126 e. The number of halogens is 4. The van der Waals surface area contributed by atoms with E-state index in [9.17, 15) is 0 Å². The lowest BCUT2D eigenvalue weighted by Gasteiger charge is -2.15. The molecule has 0 saturated carbocycles. The van der Waals surface area contributed by atoms with Crippen LogP contribution >= 0.6 is 55.1 Å². The third kappa shape index (κ3) is 4.77. The van der Waals surface area contributed by atoms with Gasteiger partial charge in [-0.3, -0.25) is 0 Å². The molecule has 0 aliphatic rings. The summed E-state index contributed by atoms with van der Waals surface area (Å²) < 4.78 is 2.10. The van der Waals surface area contributed by atoms with Gasteiger partial charge in [-0.15, -0.1) is 11.6 Å². The molecule has 0 spiro atoms. The highest BCUT2D eigenvalue weighted by molar-refractivity contribution is 9.10. The quantitative estimate of drug-likeness (QED) is 0.469. The molecule has 20 heavy (non-hydrogen) atoms. The number of hydrogen-bond acceptors (Lipinski definition) is 0. The van der Waals surface area contributed by atoms with Gasteiger partial charge in [0.25, 0.3) is 0 Å². The molecule has 0 nitrogen and oxygen atoms in total. The maximum Gasteiger partial charge on any atom is 0.0449 e. The lowest BCUT2D eigenvalue weighted by Crippen LogP contribution is -2.10. The van der Waals surface area contributed by atoms with Gasteiger partial charge in [0.15, 0.2) is 0 Å². The zero-order valence-corrected chi connectivity index (χ0v) is 15.4. The highest BCUT2D eigenvalue weighted by Gasteiger charge is 2.12. The molecule has 0 bridgehead atoms. The summed E-state index contributed by atoms with van der Waals surface area (Å²) in [6.07, 6.45) is 1.86. The van der Waals surface area contributed by atoms with Crippen molar-refractivity contribution < 1.29 is 0 Å². The van der Waals surface area contributed by atoms with Crippen molar-refractivity contribution in [3.63, 3.8) is 0 Å². The van der Waals surface area contributed by atoms with Gasteiger partial charge in [0.1, 0.15) is 0 Å². The molecule has 0 saturated heterocycles. The van der Waals surface area contributed by atoms with Gasteiger partial charge >= 0.3 is 0 Å². The maximum atomic E-state index is 6.28. The van der Waals surface area contributed by atoms with E-state index in [1.165, 1.54) is 5.56 Å². The second-order valence-electron chi connectivity index (χ2n) is 4.79. The van der Waals surface area contributed by atoms with Crippen molar-refractivity contribution in [2.45, 2.75) is 12.8 Å². The molecule has 0 heterocycles. The Bertz CT molecular complexity index is 567. The number of rotatable bonds is 5. The Morgan fingerprint density at radius 2 is 1.55 bits per heavy atom. The third-order valence-corrected chi connectivity index (χ3v) is 4.99. The fourth-order valence-electron chi connectivity index (χ4n) is 2.13. The van der Waals surface area contributed by atoms with Crippen LogP contribution in [-0.4, -0.2) is 5.88 Å². The van der Waals surface area contributed by atoms with E-state index in [2.05, 4.69) is 62.2 Å². The molecule has 2 aromatic rings. The highest BCUT2D eigenvalue weighted by atomic mass is 79.9. The van der Waals surface area contributed by atoms with Gasteiger partial charge in [-0.2, -0.15) is 0 Å². The standard InChI is InChI=1S/C16H14Br2Cl2/c17-14-4-1-11(2-5-14)7-12(10-19)8-13-3-6-15(18)9-16(13)20/h1-6,9,12H,7-8,10H2. The minimum atomic E-state index is 0.386. The first-order valence-corrected chi connectivity index (χ1v) is 8.82. The smallest absolute Gasteiger partial charge is 0.0449 e. The second kappa shape index (κ2) is 7.84. The van der Waals surface area contributed by atoms with E-state index < -0.39 is 0 Å². The third-order valence-electron chi connectivity index (χ3n) is 3.18. The summed E-state index contributed by atoms with van der Waals surface area (Å²) in [7, 11) is 0. The van der Waals surface area contributed by atoms with Crippen LogP contribution in [0.25, 0.3) is 0 Å². The van der Waals surface area contributed by atoms with Crippen molar-refractivity contribution in [1.29, 1.82) is 0 Å². The molecule has 0 N–H and O–H groups in total. The number of benzene rings is 2. The van der Waals surface area contributed by atoms with Gasteiger partial charge in [0.05, 0.1) is 0 Å². The summed E-state index contributed by atoms with van der Waals surface area (Å²) in [6, 6.07) is 14.4. The molecule has 4 heteroatoms. The van der Waals surface area contributed by atoms with Crippen LogP contribution in [0.1, 0.15) is 11.1 Å². The van der Waals surface area contributed by atoms with Gasteiger partial charge in [-0.1, -0.05) is 61.7 Å². The Morgan fingerprint density at radius 1 is 0.900 bits per heavy atom. The zero-order valence-electron chi connectivity index (χ0n) is 10.8. The molecule has 1 atom stereocenters. The molecular formula is C16H14Br2Cl2. The van der Waals surface area contributed by atoms with Crippen molar-refractivity contribution in [3.05, 3.63) is 67.6 Å². The fraction of sp³-hybridized carbons (Fsp3) is 0.250. The lowest BCUT2D eigenvalue weighted by molar-refractivity contribution is 0.584. The highest BCUT2D eigenvalue weighted by Crippen LogP contribution is 2.25. The van der Waals surface area contributed by atoms with E-state index in [0.717, 1.165) is 32.4 Å². The fourth-order valence-corrected chi connectivity index (χ4v) is 3.37. The Hall–Kier alpha value is -0.0200. The number of alkyl halides is 1. The zero-order chi connectivity index (χ0) is 14.5. The molecule has 106 valence electrons. The molecule has 2 rings (SSSR count). The molecule has 0 aliphatic carbocycles. The summed E-state index contributed by atoms with van der Waals surface area (Å²) in [5, 5.41) is 0.797. The molecule has 1 unspecified atom stereocenters. The molecular weight excluding hydrogens is 423 g/mol. The first-order chi connectivity index (χ1) is 9.58. The van der Waals surface area contributed by atoms with Crippen LogP contribution < -0.4 is 0 Å². The summed E-state index contributed by atoms with van der Waals surface area (Å²) in [4.78, 5) is 0. The first-order valence-electron chi connectivity index (χ1n) is 6.33. The maximum absolute atomic E-state index is 6.28. The van der Waals surface area contributed by atoms with Crippen molar-refractivity contribution in [1.82, 2.24) is 0 Å². The Balaban J connectivity index is 2.07. The predicted octanol–water partition coefficient (Wildman–Crippen LogP) is 6.51. The average molecular weight is 437 g/mol. The van der Waals surface area contributed by atoms with Gasteiger partial charge in [0.2, 0.25) is 0 Å². The lowest BCUT2D eigenvalue weighted by atomic mass is 9.94. The van der Waals surface area contributed by atoms with Gasteiger partial charge in [-0.25, -0.2) is 0 Å². The summed E-state index contributed by atoms with van der Waals surface area (Å²) in [6.45, 7) is 0. The first kappa shape index (κ1) is 16.4. The molecule has 0 fully saturated rings. The molecule has 0 aliphatic heterocycles. The Labute approximate surface area is 146 Å². The van der Waals surface area contributed by atoms with Crippen molar-refractivity contribution in [3.8, 4) is 0 Å². The average Bonchev–Trinajstić information content (AvgIpc) is 2.43. The van der Waals surface area contributed by atoms with E-state index >= 15 is 0 Å². The monoisotopic (exact) mass is 434 g/mol. The van der Waals surface area contributed by atoms with Gasteiger partial charge in [-0.05, 0) is 54.2 Å². The predicted molar refractivity (Wildman–Crippen MR) is 94.9 cm³/mol. The van der Waals surface area contributed by atoms with Gasteiger partial charge in [0, 0.05) is 19.8 Å². The van der Waals surface area contributed by atoms with E-state index in [1.807, 2.05) is 12.1 Å². The van der Waals surface area contributed by atoms with Crippen molar-refractivity contribution >= 4 is 55.1 Å². The Morgan fingerprint density at radius 3 is 2.15 bits per heavy atom. The van der Waals surface area contributed by atoms with Crippen LogP contribution in [-0.2, 0) is 12.8 Å². The van der Waals surface area contributed by atoms with Crippen molar-refractivity contribution in [2.75, 3.05) is 5.88 Å². The van der Waals surface area contributed by atoms with Crippen LogP contribution in [0, 0.1) is 5.92 Å². The minimum absolute atomic E-state index is 0.386. The summed E-state index contributed by atoms with van der Waals surface area (Å²) >= 11 is 19.3. The molecule has 0 radical (unpaired) electrons. The van der Waals surface area contributed by atoms with E-state index in [0.29, 0.717) is 11.8 Å². The van der Waals surface area contributed by atoms with Crippen LogP contribution in [0.2, 0.25) is 5.02 Å². The van der Waals surface area contributed by atoms with E-state index in [-0.39, 0.29) is 0 Å². The van der Waals surface area contributed by atoms with E-state index in [4.69, 9.17) is 23.2 Å². The Kier molecular flexibility index (Phi) is 6.41. The topological polar surface area (TPSA) is 0 Å². The minimum Gasteiger partial charge on any atom is -0.126 e. The van der Waals surface area contributed by atoms with Crippen LogP contribution in [0.3, 0.4) is 0 Å². The number of hydrogen-bond donors (Lipinski definition) is 0. The molecule has 0 aromatic heterocycles.